The molecule has 10 heteroatoms. The minimum absolute atomic E-state index is 0.0494. The molecule has 0 atom stereocenters. The number of hydrogen-bond acceptors (Lipinski definition) is 7. The fraction of sp³-hybridized carbons (Fsp3) is 0.391. The average Bonchev–Trinajstić information content (AvgIpc) is 3.13. The van der Waals surface area contributed by atoms with Crippen molar-refractivity contribution in [2.45, 2.75) is 13.8 Å². The molecule has 2 aromatic rings. The summed E-state index contributed by atoms with van der Waals surface area (Å²) in [7, 11) is 4.66. The first-order valence-electron chi connectivity index (χ1n) is 10.5. The van der Waals surface area contributed by atoms with Crippen LogP contribution in [-0.4, -0.2) is 80.0 Å². The van der Waals surface area contributed by atoms with Crippen molar-refractivity contribution in [3.05, 3.63) is 45.8 Å². The van der Waals surface area contributed by atoms with E-state index in [2.05, 4.69) is 10.2 Å². The molecule has 0 unspecified atom stereocenters. The molecule has 2 heterocycles. The first-order chi connectivity index (χ1) is 15.6. The summed E-state index contributed by atoms with van der Waals surface area (Å²) in [6.07, 6.45) is 0. The summed E-state index contributed by atoms with van der Waals surface area (Å²) in [6, 6.07) is 7.61. The number of carbonyl (C=O) groups excluding carboxylic acids is 3. The van der Waals surface area contributed by atoms with Crippen LogP contribution in [0, 0.1) is 6.92 Å². The Balaban J connectivity index is 1.70. The SMILES string of the molecule is COC(=O)c1c(NC(=S)N2CCN(c3ccc(C(C)=O)cc3)CC2)sc(C(=O)N(C)C)c1C. The van der Waals surface area contributed by atoms with Crippen molar-refractivity contribution in [2.24, 2.45) is 0 Å². The second-order valence-corrected chi connectivity index (χ2v) is 9.37. The molecule has 0 radical (unpaired) electrons. The smallest absolute Gasteiger partial charge is 0.341 e. The van der Waals surface area contributed by atoms with Crippen LogP contribution in [0.1, 0.15) is 42.9 Å². The van der Waals surface area contributed by atoms with E-state index in [0.29, 0.717) is 44.8 Å². The van der Waals surface area contributed by atoms with Gasteiger partial charge in [0.1, 0.15) is 5.00 Å². The van der Waals surface area contributed by atoms with Crippen LogP contribution in [0.4, 0.5) is 10.7 Å². The van der Waals surface area contributed by atoms with E-state index in [1.165, 1.54) is 23.3 Å². The van der Waals surface area contributed by atoms with Gasteiger partial charge in [0.25, 0.3) is 5.91 Å². The van der Waals surface area contributed by atoms with Gasteiger partial charge < -0.3 is 24.8 Å². The van der Waals surface area contributed by atoms with Crippen molar-refractivity contribution in [3.8, 4) is 0 Å². The molecule has 0 bridgehead atoms. The number of benzene rings is 1. The van der Waals surface area contributed by atoms with Crippen LogP contribution >= 0.6 is 23.6 Å². The van der Waals surface area contributed by atoms with Crippen LogP contribution in [0.5, 0.6) is 0 Å². The first-order valence-corrected chi connectivity index (χ1v) is 11.7. The van der Waals surface area contributed by atoms with Crippen molar-refractivity contribution in [1.82, 2.24) is 9.80 Å². The van der Waals surface area contributed by atoms with Gasteiger partial charge in [0.2, 0.25) is 0 Å². The second-order valence-electron chi connectivity index (χ2n) is 7.96. The highest BCUT2D eigenvalue weighted by Crippen LogP contribution is 2.34. The lowest BCUT2D eigenvalue weighted by molar-refractivity contribution is 0.0601. The molecule has 1 fully saturated rings. The molecule has 176 valence electrons. The second kappa shape index (κ2) is 10.3. The number of esters is 1. The molecule has 1 aliphatic rings. The molecule has 3 rings (SSSR count). The van der Waals surface area contributed by atoms with Crippen LogP contribution in [0.2, 0.25) is 0 Å². The Hall–Kier alpha value is -2.98. The van der Waals surface area contributed by atoms with Crippen molar-refractivity contribution in [2.75, 3.05) is 57.6 Å². The zero-order valence-electron chi connectivity index (χ0n) is 19.4. The predicted molar refractivity (Wildman–Crippen MR) is 135 cm³/mol. The van der Waals surface area contributed by atoms with Crippen LogP contribution in [0.25, 0.3) is 0 Å². The van der Waals surface area contributed by atoms with Crippen LogP contribution < -0.4 is 10.2 Å². The van der Waals surface area contributed by atoms with Crippen molar-refractivity contribution >= 4 is 57.0 Å². The Morgan fingerprint density at radius 1 is 1.09 bits per heavy atom. The molecular formula is C23H28N4O4S2. The number of amides is 1. The van der Waals surface area contributed by atoms with Gasteiger partial charge in [-0.15, -0.1) is 11.3 Å². The van der Waals surface area contributed by atoms with Gasteiger partial charge >= 0.3 is 5.97 Å². The molecule has 8 nitrogen and oxygen atoms in total. The first kappa shape index (κ1) is 24.7. The number of rotatable bonds is 5. The summed E-state index contributed by atoms with van der Waals surface area (Å²) in [5.41, 5.74) is 2.67. The Bertz CT molecular complexity index is 1070. The number of hydrogen-bond donors (Lipinski definition) is 1. The van der Waals surface area contributed by atoms with Gasteiger partial charge in [-0.25, -0.2) is 4.79 Å². The number of nitrogens with one attached hydrogen (secondary N) is 1. The van der Waals surface area contributed by atoms with E-state index in [-0.39, 0.29) is 11.7 Å². The molecular weight excluding hydrogens is 460 g/mol. The minimum Gasteiger partial charge on any atom is -0.465 e. The summed E-state index contributed by atoms with van der Waals surface area (Å²) in [5.74, 6) is -0.634. The highest BCUT2D eigenvalue weighted by Gasteiger charge is 2.28. The molecule has 0 spiro atoms. The van der Waals surface area contributed by atoms with Gasteiger partial charge in [-0.1, -0.05) is 0 Å². The van der Waals surface area contributed by atoms with E-state index >= 15 is 0 Å². The van der Waals surface area contributed by atoms with Crippen molar-refractivity contribution in [3.63, 3.8) is 0 Å². The highest BCUT2D eigenvalue weighted by atomic mass is 32.1. The Kier molecular flexibility index (Phi) is 7.70. The molecule has 1 saturated heterocycles. The number of anilines is 2. The third-order valence-corrected chi connectivity index (χ3v) is 7.12. The zero-order chi connectivity index (χ0) is 24.3. The summed E-state index contributed by atoms with van der Waals surface area (Å²) in [6.45, 7) is 6.22. The van der Waals surface area contributed by atoms with Crippen molar-refractivity contribution < 1.29 is 19.1 Å². The number of ketones is 1. The monoisotopic (exact) mass is 488 g/mol. The van der Waals surface area contributed by atoms with E-state index in [1.807, 2.05) is 29.2 Å². The Morgan fingerprint density at radius 2 is 1.70 bits per heavy atom. The fourth-order valence-corrected chi connectivity index (χ4v) is 5.17. The maximum atomic E-state index is 12.5. The van der Waals surface area contributed by atoms with Crippen LogP contribution in [-0.2, 0) is 4.74 Å². The fourth-order valence-electron chi connectivity index (χ4n) is 3.61. The molecule has 1 amide bonds. The number of Topliss-reactive ketones (excluding diaryl/α,β-unsaturated/α-hetero) is 1. The number of ether oxygens (including phenoxy) is 1. The normalized spacial score (nSPS) is 13.5. The van der Waals surface area contributed by atoms with Gasteiger partial charge in [0.15, 0.2) is 10.9 Å². The lowest BCUT2D eigenvalue weighted by Gasteiger charge is -2.37. The lowest BCUT2D eigenvalue weighted by atomic mass is 10.1. The minimum atomic E-state index is -0.509. The average molecular weight is 489 g/mol. The van der Waals surface area contributed by atoms with Crippen molar-refractivity contribution in [1.29, 1.82) is 0 Å². The standard InChI is InChI=1S/C23H28N4O4S2/c1-14-18(22(30)31-5)20(33-19(14)21(29)25(3)4)24-23(32)27-12-10-26(11-13-27)17-8-6-16(7-9-17)15(2)28/h6-9H,10-13H2,1-5H3,(H,24,32). The molecule has 33 heavy (non-hydrogen) atoms. The molecule has 1 N–H and O–H groups in total. The van der Waals surface area contributed by atoms with E-state index in [9.17, 15) is 14.4 Å². The number of methoxy groups -OCH3 is 1. The largest absolute Gasteiger partial charge is 0.465 e. The summed E-state index contributed by atoms with van der Waals surface area (Å²) in [5, 5.41) is 4.18. The summed E-state index contributed by atoms with van der Waals surface area (Å²) < 4.78 is 4.94. The number of carbonyl (C=O) groups is 3. The van der Waals surface area contributed by atoms with E-state index in [1.54, 1.807) is 27.9 Å². The van der Waals surface area contributed by atoms with E-state index < -0.39 is 5.97 Å². The quantitative estimate of drug-likeness (QED) is 0.390. The molecule has 0 aliphatic carbocycles. The topological polar surface area (TPSA) is 82.2 Å². The number of piperazine rings is 1. The van der Waals surface area contributed by atoms with Gasteiger partial charge in [0.05, 0.1) is 17.6 Å². The van der Waals surface area contributed by atoms with E-state index in [4.69, 9.17) is 17.0 Å². The maximum absolute atomic E-state index is 12.5. The van der Waals surface area contributed by atoms with Gasteiger partial charge in [-0.05, 0) is 55.9 Å². The molecule has 1 aromatic heterocycles. The third-order valence-electron chi connectivity index (χ3n) is 5.56. The van der Waals surface area contributed by atoms with Gasteiger partial charge in [0, 0.05) is 51.5 Å². The van der Waals surface area contributed by atoms with Crippen LogP contribution in [0.15, 0.2) is 24.3 Å². The predicted octanol–water partition coefficient (Wildman–Crippen LogP) is 3.27. The summed E-state index contributed by atoms with van der Waals surface area (Å²) in [4.78, 5) is 42.7. The van der Waals surface area contributed by atoms with Gasteiger partial charge in [-0.2, -0.15) is 0 Å². The summed E-state index contributed by atoms with van der Waals surface area (Å²) >= 11 is 6.83. The molecule has 1 aromatic carbocycles. The molecule has 1 aliphatic heterocycles. The lowest BCUT2D eigenvalue weighted by Crippen LogP contribution is -2.50. The third kappa shape index (κ3) is 5.33. The highest BCUT2D eigenvalue weighted by molar-refractivity contribution is 7.80. The maximum Gasteiger partial charge on any atom is 0.341 e. The molecule has 0 saturated carbocycles. The van der Waals surface area contributed by atoms with Crippen LogP contribution in [0.3, 0.4) is 0 Å². The van der Waals surface area contributed by atoms with Gasteiger partial charge in [-0.3, -0.25) is 9.59 Å². The van der Waals surface area contributed by atoms with E-state index in [0.717, 1.165) is 18.8 Å². The zero-order valence-corrected chi connectivity index (χ0v) is 21.1. The number of thiocarbonyl (C=S) groups is 1. The number of thiophene rings is 1. The Morgan fingerprint density at radius 3 is 2.21 bits per heavy atom. The Labute approximate surface area is 203 Å². The number of nitrogens with zero attached hydrogens (tertiary/aromatic N) is 3.